The maximum atomic E-state index is 11.2. The second kappa shape index (κ2) is 4.16. The summed E-state index contributed by atoms with van der Waals surface area (Å²) in [5.74, 6) is 0.00926. The number of hydrogen-bond acceptors (Lipinski definition) is 1. The average Bonchev–Trinajstić information content (AvgIpc) is 1.85. The highest BCUT2D eigenvalue weighted by molar-refractivity contribution is 5.87. The van der Waals surface area contributed by atoms with Crippen LogP contribution in [-0.2, 0) is 4.79 Å². The van der Waals surface area contributed by atoms with E-state index in [2.05, 4.69) is 6.58 Å². The summed E-state index contributed by atoms with van der Waals surface area (Å²) in [7, 11) is 0. The van der Waals surface area contributed by atoms with Gasteiger partial charge >= 0.3 is 0 Å². The minimum atomic E-state index is 0.00926. The van der Waals surface area contributed by atoms with Crippen LogP contribution in [-0.4, -0.2) is 22.9 Å². The molecule has 11 heavy (non-hydrogen) atoms. The Morgan fingerprint density at radius 3 is 1.73 bits per heavy atom. The predicted molar refractivity (Wildman–Crippen MR) is 47.3 cm³/mol. The fraction of sp³-hybridized carbons (Fsp3) is 0.667. The van der Waals surface area contributed by atoms with Crippen LogP contribution in [0.15, 0.2) is 12.7 Å². The lowest BCUT2D eigenvalue weighted by molar-refractivity contribution is -0.129. The lowest BCUT2D eigenvalue weighted by Gasteiger charge is -2.29. The van der Waals surface area contributed by atoms with E-state index in [4.69, 9.17) is 0 Å². The standard InChI is InChI=1S/C9H17NO/c1-6-9(11)10(7(2)3)8(4)5/h6-8H,1H2,2-5H3. The van der Waals surface area contributed by atoms with Crippen LogP contribution in [0.5, 0.6) is 0 Å². The first-order valence-electron chi connectivity index (χ1n) is 3.95. The van der Waals surface area contributed by atoms with Crippen LogP contribution in [0.2, 0.25) is 0 Å². The smallest absolute Gasteiger partial charge is 0.246 e. The lowest BCUT2D eigenvalue weighted by atomic mass is 10.2. The van der Waals surface area contributed by atoms with Crippen molar-refractivity contribution >= 4 is 5.91 Å². The highest BCUT2D eigenvalue weighted by atomic mass is 16.2. The number of amides is 1. The third-order valence-corrected chi connectivity index (χ3v) is 1.54. The monoisotopic (exact) mass is 155 g/mol. The van der Waals surface area contributed by atoms with Gasteiger partial charge in [0.2, 0.25) is 5.91 Å². The highest BCUT2D eigenvalue weighted by Crippen LogP contribution is 2.05. The van der Waals surface area contributed by atoms with Crippen LogP contribution in [0.25, 0.3) is 0 Å². The van der Waals surface area contributed by atoms with Gasteiger partial charge in [-0.15, -0.1) is 0 Å². The van der Waals surface area contributed by atoms with E-state index in [0.717, 1.165) is 0 Å². The van der Waals surface area contributed by atoms with E-state index in [1.807, 2.05) is 27.7 Å². The van der Waals surface area contributed by atoms with E-state index in [-0.39, 0.29) is 18.0 Å². The third-order valence-electron chi connectivity index (χ3n) is 1.54. The molecule has 0 N–H and O–H groups in total. The SMILES string of the molecule is C=CC(=O)N(C(C)C)C(C)C. The summed E-state index contributed by atoms with van der Waals surface area (Å²) in [6.45, 7) is 11.5. The molecule has 1 amide bonds. The average molecular weight is 155 g/mol. The molecule has 0 aromatic heterocycles. The minimum absolute atomic E-state index is 0.00926. The van der Waals surface area contributed by atoms with Gasteiger partial charge in [-0.1, -0.05) is 6.58 Å². The molecule has 0 heterocycles. The van der Waals surface area contributed by atoms with E-state index >= 15 is 0 Å². The van der Waals surface area contributed by atoms with E-state index < -0.39 is 0 Å². The Bertz CT molecular complexity index is 142. The maximum Gasteiger partial charge on any atom is 0.246 e. The molecule has 0 saturated heterocycles. The largest absolute Gasteiger partial charge is 0.334 e. The molecule has 0 aliphatic heterocycles. The van der Waals surface area contributed by atoms with Gasteiger partial charge in [0.05, 0.1) is 0 Å². The highest BCUT2D eigenvalue weighted by Gasteiger charge is 2.16. The summed E-state index contributed by atoms with van der Waals surface area (Å²) in [5, 5.41) is 0. The Hall–Kier alpha value is -0.790. The van der Waals surface area contributed by atoms with Crippen molar-refractivity contribution in [3.8, 4) is 0 Å². The normalized spacial score (nSPS) is 10.4. The first kappa shape index (κ1) is 10.2. The molecule has 0 aromatic rings. The number of nitrogens with zero attached hydrogens (tertiary/aromatic N) is 1. The van der Waals surface area contributed by atoms with Crippen LogP contribution in [0.3, 0.4) is 0 Å². The quantitative estimate of drug-likeness (QED) is 0.569. The fourth-order valence-corrected chi connectivity index (χ4v) is 1.21. The van der Waals surface area contributed by atoms with E-state index in [0.29, 0.717) is 0 Å². The summed E-state index contributed by atoms with van der Waals surface area (Å²) in [4.78, 5) is 13.0. The summed E-state index contributed by atoms with van der Waals surface area (Å²) in [6.07, 6.45) is 1.36. The molecular formula is C9H17NO. The third kappa shape index (κ3) is 2.74. The number of carbonyl (C=O) groups excluding carboxylic acids is 1. The molecule has 2 nitrogen and oxygen atoms in total. The molecule has 0 spiro atoms. The molecular weight excluding hydrogens is 138 g/mol. The molecule has 2 heteroatoms. The van der Waals surface area contributed by atoms with Crippen molar-refractivity contribution < 1.29 is 4.79 Å². The van der Waals surface area contributed by atoms with Gasteiger partial charge in [0, 0.05) is 12.1 Å². The summed E-state index contributed by atoms with van der Waals surface area (Å²) >= 11 is 0. The van der Waals surface area contributed by atoms with Gasteiger partial charge in [0.15, 0.2) is 0 Å². The Kier molecular flexibility index (Phi) is 3.86. The van der Waals surface area contributed by atoms with Gasteiger partial charge in [-0.25, -0.2) is 0 Å². The Morgan fingerprint density at radius 2 is 1.64 bits per heavy atom. The predicted octanol–water partition coefficient (Wildman–Crippen LogP) is 1.82. The van der Waals surface area contributed by atoms with Gasteiger partial charge in [0.25, 0.3) is 0 Å². The van der Waals surface area contributed by atoms with Gasteiger partial charge < -0.3 is 4.90 Å². The molecule has 0 bridgehead atoms. The van der Waals surface area contributed by atoms with Gasteiger partial charge in [-0.05, 0) is 33.8 Å². The maximum absolute atomic E-state index is 11.2. The molecule has 0 fully saturated rings. The number of hydrogen-bond donors (Lipinski definition) is 0. The first-order valence-corrected chi connectivity index (χ1v) is 3.95. The van der Waals surface area contributed by atoms with E-state index in [1.54, 1.807) is 4.90 Å². The van der Waals surface area contributed by atoms with Crippen molar-refractivity contribution in [3.05, 3.63) is 12.7 Å². The molecule has 0 aromatic carbocycles. The van der Waals surface area contributed by atoms with Gasteiger partial charge in [-0.3, -0.25) is 4.79 Å². The molecule has 0 unspecified atom stereocenters. The number of carbonyl (C=O) groups is 1. The topological polar surface area (TPSA) is 20.3 Å². The first-order chi connectivity index (χ1) is 5.00. The molecule has 0 aliphatic rings. The van der Waals surface area contributed by atoms with Crippen LogP contribution in [0.4, 0.5) is 0 Å². The summed E-state index contributed by atoms with van der Waals surface area (Å²) in [5.41, 5.74) is 0. The molecule has 64 valence electrons. The van der Waals surface area contributed by atoms with E-state index in [9.17, 15) is 4.79 Å². The fourth-order valence-electron chi connectivity index (χ4n) is 1.21. The van der Waals surface area contributed by atoms with Crippen molar-refractivity contribution in [1.82, 2.24) is 4.90 Å². The zero-order chi connectivity index (χ0) is 9.02. The summed E-state index contributed by atoms with van der Waals surface area (Å²) < 4.78 is 0. The van der Waals surface area contributed by atoms with Crippen molar-refractivity contribution in [2.24, 2.45) is 0 Å². The second-order valence-electron chi connectivity index (χ2n) is 3.14. The lowest BCUT2D eigenvalue weighted by Crippen LogP contribution is -2.40. The zero-order valence-corrected chi connectivity index (χ0v) is 7.79. The molecule has 0 radical (unpaired) electrons. The Labute approximate surface area is 68.9 Å². The number of rotatable bonds is 3. The van der Waals surface area contributed by atoms with Crippen LogP contribution in [0, 0.1) is 0 Å². The van der Waals surface area contributed by atoms with Crippen molar-refractivity contribution in [1.29, 1.82) is 0 Å². The summed E-state index contributed by atoms with van der Waals surface area (Å²) in [6, 6.07) is 0.501. The van der Waals surface area contributed by atoms with E-state index in [1.165, 1.54) is 6.08 Å². The van der Waals surface area contributed by atoms with Crippen molar-refractivity contribution in [2.75, 3.05) is 0 Å². The van der Waals surface area contributed by atoms with Crippen molar-refractivity contribution in [3.63, 3.8) is 0 Å². The molecule has 0 rings (SSSR count). The molecule has 0 saturated carbocycles. The van der Waals surface area contributed by atoms with Crippen LogP contribution in [0.1, 0.15) is 27.7 Å². The van der Waals surface area contributed by atoms with Crippen LogP contribution >= 0.6 is 0 Å². The Balaban J connectivity index is 4.33. The van der Waals surface area contributed by atoms with Gasteiger partial charge in [0.1, 0.15) is 0 Å². The van der Waals surface area contributed by atoms with Crippen LogP contribution < -0.4 is 0 Å². The minimum Gasteiger partial charge on any atom is -0.334 e. The molecule has 0 aliphatic carbocycles. The Morgan fingerprint density at radius 1 is 1.27 bits per heavy atom. The van der Waals surface area contributed by atoms with Crippen molar-refractivity contribution in [2.45, 2.75) is 39.8 Å². The zero-order valence-electron chi connectivity index (χ0n) is 7.79. The second-order valence-corrected chi connectivity index (χ2v) is 3.14. The molecule has 0 atom stereocenters. The van der Waals surface area contributed by atoms with Gasteiger partial charge in [-0.2, -0.15) is 0 Å².